The van der Waals surface area contributed by atoms with E-state index >= 15 is 0 Å². The Hall–Kier alpha value is 0.640. The van der Waals surface area contributed by atoms with Gasteiger partial charge in [0.25, 0.3) is 0 Å². The SMILES string of the molecule is CC(C)C(CI)NS(=O)(=O)C(C)C. The van der Waals surface area contributed by atoms with E-state index in [1.54, 1.807) is 13.8 Å². The van der Waals surface area contributed by atoms with Crippen LogP contribution in [-0.4, -0.2) is 24.1 Å². The summed E-state index contributed by atoms with van der Waals surface area (Å²) >= 11 is 2.20. The first-order valence-corrected chi connectivity index (χ1v) is 7.45. The molecule has 5 heteroatoms. The van der Waals surface area contributed by atoms with Crippen molar-refractivity contribution in [3.63, 3.8) is 0 Å². The summed E-state index contributed by atoms with van der Waals surface area (Å²) in [6.07, 6.45) is 0. The Labute approximate surface area is 94.9 Å². The molecule has 0 aliphatic heterocycles. The van der Waals surface area contributed by atoms with Crippen LogP contribution in [0.1, 0.15) is 27.7 Å². The van der Waals surface area contributed by atoms with Gasteiger partial charge in [0.05, 0.1) is 5.25 Å². The van der Waals surface area contributed by atoms with Gasteiger partial charge in [-0.05, 0) is 19.8 Å². The summed E-state index contributed by atoms with van der Waals surface area (Å²) in [6, 6.07) is 0.0491. The lowest BCUT2D eigenvalue weighted by Gasteiger charge is -2.21. The molecule has 0 bridgehead atoms. The molecule has 0 aromatic carbocycles. The summed E-state index contributed by atoms with van der Waals surface area (Å²) in [6.45, 7) is 7.41. The number of hydrogen-bond acceptors (Lipinski definition) is 2. The van der Waals surface area contributed by atoms with Crippen LogP contribution in [0, 0.1) is 5.92 Å². The highest BCUT2D eigenvalue weighted by molar-refractivity contribution is 14.1. The molecular weight excluding hydrogens is 301 g/mol. The second-order valence-corrected chi connectivity index (χ2v) is 6.87. The monoisotopic (exact) mass is 319 g/mol. The van der Waals surface area contributed by atoms with Gasteiger partial charge in [-0.1, -0.05) is 36.4 Å². The van der Waals surface area contributed by atoms with Crippen molar-refractivity contribution in [2.45, 2.75) is 39.0 Å². The van der Waals surface area contributed by atoms with E-state index < -0.39 is 10.0 Å². The zero-order chi connectivity index (χ0) is 10.6. The van der Waals surface area contributed by atoms with Gasteiger partial charge in [-0.2, -0.15) is 0 Å². The lowest BCUT2D eigenvalue weighted by Crippen LogP contribution is -2.42. The molecule has 1 atom stereocenters. The Morgan fingerprint density at radius 3 is 1.92 bits per heavy atom. The maximum absolute atomic E-state index is 11.5. The number of rotatable bonds is 5. The average molecular weight is 319 g/mol. The van der Waals surface area contributed by atoms with Gasteiger partial charge in [-0.3, -0.25) is 0 Å². The maximum Gasteiger partial charge on any atom is 0.214 e. The van der Waals surface area contributed by atoms with Crippen molar-refractivity contribution in [1.82, 2.24) is 4.72 Å². The molecule has 0 aliphatic rings. The molecule has 3 nitrogen and oxygen atoms in total. The van der Waals surface area contributed by atoms with Crippen molar-refractivity contribution in [2.24, 2.45) is 5.92 Å². The molecule has 0 saturated heterocycles. The Kier molecular flexibility index (Phi) is 5.77. The average Bonchev–Trinajstić information content (AvgIpc) is 1.99. The van der Waals surface area contributed by atoms with E-state index in [-0.39, 0.29) is 11.3 Å². The van der Waals surface area contributed by atoms with Crippen LogP contribution >= 0.6 is 22.6 Å². The first kappa shape index (κ1) is 13.6. The zero-order valence-electron chi connectivity index (χ0n) is 8.54. The van der Waals surface area contributed by atoms with Crippen molar-refractivity contribution in [3.05, 3.63) is 0 Å². The van der Waals surface area contributed by atoms with Gasteiger partial charge in [0.15, 0.2) is 0 Å². The van der Waals surface area contributed by atoms with E-state index in [0.29, 0.717) is 5.92 Å². The Morgan fingerprint density at radius 2 is 1.69 bits per heavy atom. The lowest BCUT2D eigenvalue weighted by atomic mass is 10.1. The summed E-state index contributed by atoms with van der Waals surface area (Å²) in [5, 5.41) is -0.350. The fourth-order valence-corrected chi connectivity index (χ4v) is 3.28. The molecular formula is C8H18INO2S. The van der Waals surface area contributed by atoms with Crippen molar-refractivity contribution in [2.75, 3.05) is 4.43 Å². The van der Waals surface area contributed by atoms with E-state index in [1.807, 2.05) is 13.8 Å². The highest BCUT2D eigenvalue weighted by atomic mass is 127. The highest BCUT2D eigenvalue weighted by Gasteiger charge is 2.22. The van der Waals surface area contributed by atoms with Crippen LogP contribution in [0.5, 0.6) is 0 Å². The second-order valence-electron chi connectivity index (χ2n) is 3.72. The predicted octanol–water partition coefficient (Wildman–Crippen LogP) is 1.77. The number of halogens is 1. The quantitative estimate of drug-likeness (QED) is 0.620. The summed E-state index contributed by atoms with van der Waals surface area (Å²) in [5.41, 5.74) is 0. The second kappa shape index (κ2) is 5.50. The van der Waals surface area contributed by atoms with Crippen LogP contribution in [0.25, 0.3) is 0 Å². The largest absolute Gasteiger partial charge is 0.214 e. The summed E-state index contributed by atoms with van der Waals surface area (Å²) in [5.74, 6) is 0.338. The van der Waals surface area contributed by atoms with Crippen LogP contribution < -0.4 is 4.72 Å². The number of alkyl halides is 1. The Morgan fingerprint density at radius 1 is 1.23 bits per heavy atom. The first-order valence-electron chi connectivity index (χ1n) is 4.38. The molecule has 0 heterocycles. The van der Waals surface area contributed by atoms with E-state index in [4.69, 9.17) is 0 Å². The van der Waals surface area contributed by atoms with Crippen molar-refractivity contribution < 1.29 is 8.42 Å². The fraction of sp³-hybridized carbons (Fsp3) is 1.00. The predicted molar refractivity (Wildman–Crippen MR) is 64.7 cm³/mol. The molecule has 0 radical (unpaired) electrons. The first-order chi connectivity index (χ1) is 5.81. The van der Waals surface area contributed by atoms with Gasteiger partial charge >= 0.3 is 0 Å². The molecule has 13 heavy (non-hydrogen) atoms. The van der Waals surface area contributed by atoms with Gasteiger partial charge in [-0.25, -0.2) is 13.1 Å². The fourth-order valence-electron chi connectivity index (χ4n) is 0.693. The molecule has 1 unspecified atom stereocenters. The van der Waals surface area contributed by atoms with Crippen LogP contribution in [0.2, 0.25) is 0 Å². The molecule has 0 aromatic heterocycles. The normalized spacial score (nSPS) is 15.3. The molecule has 0 rings (SSSR count). The summed E-state index contributed by atoms with van der Waals surface area (Å²) < 4.78 is 26.5. The highest BCUT2D eigenvalue weighted by Crippen LogP contribution is 2.08. The van der Waals surface area contributed by atoms with Gasteiger partial charge < -0.3 is 0 Å². The Bertz CT molecular complexity index is 237. The third-order valence-electron chi connectivity index (χ3n) is 1.91. The van der Waals surface area contributed by atoms with E-state index in [1.165, 1.54) is 0 Å². The minimum Gasteiger partial charge on any atom is -0.212 e. The van der Waals surface area contributed by atoms with Gasteiger partial charge in [-0.15, -0.1) is 0 Å². The summed E-state index contributed by atoms with van der Waals surface area (Å²) in [4.78, 5) is 0. The zero-order valence-corrected chi connectivity index (χ0v) is 11.5. The number of nitrogens with one attached hydrogen (secondary N) is 1. The lowest BCUT2D eigenvalue weighted by molar-refractivity contribution is 0.482. The van der Waals surface area contributed by atoms with E-state index in [2.05, 4.69) is 27.3 Å². The van der Waals surface area contributed by atoms with Gasteiger partial charge in [0.1, 0.15) is 0 Å². The van der Waals surface area contributed by atoms with E-state index in [9.17, 15) is 8.42 Å². The molecule has 0 spiro atoms. The topological polar surface area (TPSA) is 46.2 Å². The smallest absolute Gasteiger partial charge is 0.212 e. The third-order valence-corrected chi connectivity index (χ3v) is 4.73. The summed E-state index contributed by atoms with van der Waals surface area (Å²) in [7, 11) is -3.11. The maximum atomic E-state index is 11.5. The van der Waals surface area contributed by atoms with Crippen molar-refractivity contribution >= 4 is 32.6 Å². The van der Waals surface area contributed by atoms with Crippen LogP contribution in [0.3, 0.4) is 0 Å². The standard InChI is InChI=1S/C8H18INO2S/c1-6(2)8(5-9)10-13(11,12)7(3)4/h6-8,10H,5H2,1-4H3. The van der Waals surface area contributed by atoms with Gasteiger partial charge in [0, 0.05) is 10.5 Å². The van der Waals surface area contributed by atoms with E-state index in [0.717, 1.165) is 4.43 Å². The molecule has 0 aromatic rings. The third kappa shape index (κ3) is 4.60. The molecule has 0 saturated carbocycles. The molecule has 0 aliphatic carbocycles. The number of sulfonamides is 1. The van der Waals surface area contributed by atoms with Crippen molar-refractivity contribution in [1.29, 1.82) is 0 Å². The van der Waals surface area contributed by atoms with Crippen LogP contribution in [0.15, 0.2) is 0 Å². The number of hydrogen-bond donors (Lipinski definition) is 1. The molecule has 0 amide bonds. The molecule has 1 N–H and O–H groups in total. The molecule has 80 valence electrons. The van der Waals surface area contributed by atoms with Gasteiger partial charge in [0.2, 0.25) is 10.0 Å². The van der Waals surface area contributed by atoms with Crippen LogP contribution in [-0.2, 0) is 10.0 Å². The van der Waals surface area contributed by atoms with Crippen molar-refractivity contribution in [3.8, 4) is 0 Å². The van der Waals surface area contributed by atoms with Crippen LogP contribution in [0.4, 0.5) is 0 Å². The minimum absolute atomic E-state index is 0.0491. The molecule has 0 fully saturated rings. The Balaban J connectivity index is 4.41. The minimum atomic E-state index is -3.11.